The minimum atomic E-state index is -0.745. The maximum atomic E-state index is 12.2. The molecule has 5 nitrogen and oxygen atoms in total. The number of nitrogens with zero attached hydrogens (tertiary/aromatic N) is 1. The van der Waals surface area contributed by atoms with Crippen LogP contribution in [0.4, 0.5) is 5.69 Å². The number of Topliss-reactive ketones (excluding diaryl/α,β-unsaturated/α-hetero) is 1. The van der Waals surface area contributed by atoms with Gasteiger partial charge in [0.1, 0.15) is 5.75 Å². The van der Waals surface area contributed by atoms with E-state index in [0.717, 1.165) is 0 Å². The van der Waals surface area contributed by atoms with E-state index in [0.29, 0.717) is 22.6 Å². The molecule has 0 bridgehead atoms. The van der Waals surface area contributed by atoms with Gasteiger partial charge >= 0.3 is 0 Å². The predicted octanol–water partition coefficient (Wildman–Crippen LogP) is 3.17. The van der Waals surface area contributed by atoms with Gasteiger partial charge in [-0.05, 0) is 44.2 Å². The molecule has 0 aliphatic rings. The Morgan fingerprint density at radius 1 is 1.17 bits per heavy atom. The molecule has 1 N–H and O–H groups in total. The Kier molecular flexibility index (Phi) is 5.11. The van der Waals surface area contributed by atoms with Crippen molar-refractivity contribution in [2.45, 2.75) is 20.0 Å². The van der Waals surface area contributed by atoms with Gasteiger partial charge in [0, 0.05) is 11.3 Å². The molecule has 116 valence electrons. The second-order valence-corrected chi connectivity index (χ2v) is 5.03. The van der Waals surface area contributed by atoms with Crippen LogP contribution < -0.4 is 10.1 Å². The van der Waals surface area contributed by atoms with Gasteiger partial charge in [-0.25, -0.2) is 0 Å². The van der Waals surface area contributed by atoms with Gasteiger partial charge in [-0.1, -0.05) is 18.2 Å². The highest BCUT2D eigenvalue weighted by Crippen LogP contribution is 2.16. The van der Waals surface area contributed by atoms with Crippen LogP contribution in [0.15, 0.2) is 48.5 Å². The first kappa shape index (κ1) is 16.2. The summed E-state index contributed by atoms with van der Waals surface area (Å²) in [6, 6.07) is 15.3. The summed E-state index contributed by atoms with van der Waals surface area (Å²) in [5, 5.41) is 11.6. The van der Waals surface area contributed by atoms with Crippen molar-refractivity contribution in [1.82, 2.24) is 0 Å². The summed E-state index contributed by atoms with van der Waals surface area (Å²) in [7, 11) is 0. The third-order valence-corrected chi connectivity index (χ3v) is 3.18. The molecule has 1 atom stereocenters. The molecule has 1 unspecified atom stereocenters. The van der Waals surface area contributed by atoms with E-state index in [1.807, 2.05) is 6.07 Å². The average Bonchev–Trinajstić information content (AvgIpc) is 2.55. The molecule has 0 fully saturated rings. The summed E-state index contributed by atoms with van der Waals surface area (Å²) in [6.45, 7) is 3.08. The van der Waals surface area contributed by atoms with Crippen LogP contribution in [0.2, 0.25) is 0 Å². The lowest BCUT2D eigenvalue weighted by molar-refractivity contribution is -0.122. The van der Waals surface area contributed by atoms with Gasteiger partial charge in [0.2, 0.25) is 0 Å². The molecular weight excluding hydrogens is 292 g/mol. The Hall–Kier alpha value is -3.13. The molecule has 23 heavy (non-hydrogen) atoms. The van der Waals surface area contributed by atoms with Gasteiger partial charge in [0.25, 0.3) is 5.91 Å². The molecule has 0 saturated heterocycles. The van der Waals surface area contributed by atoms with Crippen LogP contribution in [0.25, 0.3) is 0 Å². The second kappa shape index (κ2) is 7.23. The summed E-state index contributed by atoms with van der Waals surface area (Å²) >= 11 is 0. The van der Waals surface area contributed by atoms with E-state index < -0.39 is 6.10 Å². The second-order valence-electron chi connectivity index (χ2n) is 5.03. The first-order valence-electron chi connectivity index (χ1n) is 7.08. The van der Waals surface area contributed by atoms with Crippen molar-refractivity contribution in [3.05, 3.63) is 59.7 Å². The van der Waals surface area contributed by atoms with E-state index >= 15 is 0 Å². The molecule has 1 amide bonds. The van der Waals surface area contributed by atoms with E-state index in [1.54, 1.807) is 55.5 Å². The van der Waals surface area contributed by atoms with Gasteiger partial charge in [-0.3, -0.25) is 9.59 Å². The van der Waals surface area contributed by atoms with E-state index in [-0.39, 0.29) is 11.7 Å². The highest BCUT2D eigenvalue weighted by atomic mass is 16.5. The molecular formula is C18H16N2O3. The summed E-state index contributed by atoms with van der Waals surface area (Å²) in [5.41, 5.74) is 1.52. The van der Waals surface area contributed by atoms with Crippen molar-refractivity contribution in [2.24, 2.45) is 0 Å². The first-order chi connectivity index (χ1) is 11.0. The summed E-state index contributed by atoms with van der Waals surface area (Å²) < 4.78 is 5.54. The molecule has 0 aliphatic carbocycles. The number of ketones is 1. The Morgan fingerprint density at radius 3 is 2.61 bits per heavy atom. The Bertz CT molecular complexity index is 778. The number of amides is 1. The van der Waals surface area contributed by atoms with Gasteiger partial charge in [0.05, 0.1) is 11.6 Å². The van der Waals surface area contributed by atoms with Crippen molar-refractivity contribution in [3.63, 3.8) is 0 Å². The molecule has 0 radical (unpaired) electrons. The Balaban J connectivity index is 2.04. The van der Waals surface area contributed by atoms with Gasteiger partial charge in [-0.2, -0.15) is 5.26 Å². The third kappa shape index (κ3) is 4.42. The average molecular weight is 308 g/mol. The van der Waals surface area contributed by atoms with Crippen molar-refractivity contribution >= 4 is 17.4 Å². The molecule has 0 aromatic heterocycles. The molecule has 0 spiro atoms. The van der Waals surface area contributed by atoms with Crippen LogP contribution in [-0.2, 0) is 4.79 Å². The number of anilines is 1. The summed E-state index contributed by atoms with van der Waals surface area (Å²) in [4.78, 5) is 23.5. The standard InChI is InChI=1S/C18H16N2O3/c1-12(21)15-6-4-7-16(10-15)20-18(22)13(2)23-17-8-3-5-14(9-17)11-19/h3-10,13H,1-2H3,(H,20,22). The number of nitriles is 1. The number of carbonyl (C=O) groups excluding carboxylic acids is 2. The fourth-order valence-corrected chi connectivity index (χ4v) is 1.96. The molecule has 2 aromatic carbocycles. The lowest BCUT2D eigenvalue weighted by atomic mass is 10.1. The number of hydrogen-bond acceptors (Lipinski definition) is 4. The van der Waals surface area contributed by atoms with Crippen LogP contribution in [-0.4, -0.2) is 17.8 Å². The molecule has 2 rings (SSSR count). The van der Waals surface area contributed by atoms with Gasteiger partial charge in [-0.15, -0.1) is 0 Å². The topological polar surface area (TPSA) is 79.2 Å². The normalized spacial score (nSPS) is 11.2. The van der Waals surface area contributed by atoms with E-state index in [2.05, 4.69) is 5.32 Å². The fourth-order valence-electron chi connectivity index (χ4n) is 1.96. The smallest absolute Gasteiger partial charge is 0.265 e. The summed E-state index contributed by atoms with van der Waals surface area (Å²) in [6.07, 6.45) is -0.745. The number of carbonyl (C=O) groups is 2. The minimum absolute atomic E-state index is 0.0706. The van der Waals surface area contributed by atoms with Crippen LogP contribution in [0, 0.1) is 11.3 Å². The molecule has 0 heterocycles. The number of benzene rings is 2. The zero-order chi connectivity index (χ0) is 16.8. The number of hydrogen-bond donors (Lipinski definition) is 1. The fraction of sp³-hybridized carbons (Fsp3) is 0.167. The largest absolute Gasteiger partial charge is 0.481 e. The van der Waals surface area contributed by atoms with Crippen molar-refractivity contribution in [3.8, 4) is 11.8 Å². The molecule has 5 heteroatoms. The lowest BCUT2D eigenvalue weighted by Crippen LogP contribution is -2.30. The van der Waals surface area contributed by atoms with Crippen LogP contribution in [0.3, 0.4) is 0 Å². The van der Waals surface area contributed by atoms with Gasteiger partial charge in [0.15, 0.2) is 11.9 Å². The lowest BCUT2D eigenvalue weighted by Gasteiger charge is -2.15. The third-order valence-electron chi connectivity index (χ3n) is 3.18. The van der Waals surface area contributed by atoms with E-state index in [1.165, 1.54) is 6.92 Å². The van der Waals surface area contributed by atoms with Crippen LogP contribution in [0.5, 0.6) is 5.75 Å². The Morgan fingerprint density at radius 2 is 1.91 bits per heavy atom. The van der Waals surface area contributed by atoms with Crippen molar-refractivity contribution in [1.29, 1.82) is 5.26 Å². The molecule has 2 aromatic rings. The minimum Gasteiger partial charge on any atom is -0.481 e. The maximum Gasteiger partial charge on any atom is 0.265 e. The van der Waals surface area contributed by atoms with Crippen LogP contribution in [0.1, 0.15) is 29.8 Å². The predicted molar refractivity (Wildman–Crippen MR) is 86.3 cm³/mol. The zero-order valence-corrected chi connectivity index (χ0v) is 12.9. The SMILES string of the molecule is CC(=O)c1cccc(NC(=O)C(C)Oc2cccc(C#N)c2)c1. The highest BCUT2D eigenvalue weighted by molar-refractivity contribution is 5.98. The Labute approximate surface area is 134 Å². The van der Waals surface area contributed by atoms with Crippen molar-refractivity contribution < 1.29 is 14.3 Å². The van der Waals surface area contributed by atoms with Gasteiger partial charge < -0.3 is 10.1 Å². The first-order valence-corrected chi connectivity index (χ1v) is 7.08. The van der Waals surface area contributed by atoms with E-state index in [9.17, 15) is 9.59 Å². The quantitative estimate of drug-likeness (QED) is 0.860. The molecule has 0 aliphatic heterocycles. The number of rotatable bonds is 5. The van der Waals surface area contributed by atoms with Crippen molar-refractivity contribution in [2.75, 3.05) is 5.32 Å². The van der Waals surface area contributed by atoms with Crippen LogP contribution >= 0.6 is 0 Å². The highest BCUT2D eigenvalue weighted by Gasteiger charge is 2.15. The van der Waals surface area contributed by atoms with E-state index in [4.69, 9.17) is 10.00 Å². The maximum absolute atomic E-state index is 12.2. The number of nitrogens with one attached hydrogen (secondary N) is 1. The monoisotopic (exact) mass is 308 g/mol. The number of ether oxygens (including phenoxy) is 1. The summed E-state index contributed by atoms with van der Waals surface area (Å²) in [5.74, 6) is 0.0379. The molecule has 0 saturated carbocycles. The zero-order valence-electron chi connectivity index (χ0n) is 12.9.